The van der Waals surface area contributed by atoms with Gasteiger partial charge in [-0.3, -0.25) is 19.2 Å². The van der Waals surface area contributed by atoms with E-state index in [1.165, 1.54) is 11.5 Å². The average Bonchev–Trinajstić information content (AvgIpc) is 2.93. The quantitative estimate of drug-likeness (QED) is 0.213. The van der Waals surface area contributed by atoms with E-state index in [1.54, 1.807) is 13.0 Å². The molecule has 5 atom stereocenters. The number of hydrogen-bond acceptors (Lipinski definition) is 11. The lowest BCUT2D eigenvalue weighted by atomic mass is 9.94. The van der Waals surface area contributed by atoms with Crippen LogP contribution in [0.25, 0.3) is 21.9 Å². The third-order valence-corrected chi connectivity index (χ3v) is 7.25. The minimum atomic E-state index is -1.38. The standard InChI is InChI=1S/C31H30N2O9S/c1-16-13-24(23-12-8-10-21-9-6-7-11-22(21)23)25(14-32)31(43)33(16)30-29(41-20(5)37)28(40-19(4)36)27(39-18(3)35)26(42-30)15-38-17(2)34/h6-13,26-30H,15H2,1-5H3. The maximum Gasteiger partial charge on any atom is 0.303 e. The summed E-state index contributed by atoms with van der Waals surface area (Å²) in [4.78, 5) is 48.3. The first kappa shape index (κ1) is 31.3. The number of rotatable bonds is 7. The lowest BCUT2D eigenvalue weighted by Crippen LogP contribution is -2.60. The van der Waals surface area contributed by atoms with Crippen molar-refractivity contribution in [3.05, 3.63) is 64.4 Å². The van der Waals surface area contributed by atoms with E-state index in [2.05, 4.69) is 6.07 Å². The molecule has 0 spiro atoms. The predicted octanol–water partition coefficient (Wildman–Crippen LogP) is 4.47. The van der Waals surface area contributed by atoms with Crippen molar-refractivity contribution >= 4 is 46.9 Å². The molecule has 1 saturated heterocycles. The zero-order valence-electron chi connectivity index (χ0n) is 24.2. The molecule has 5 unspecified atom stereocenters. The Morgan fingerprint density at radius 1 is 0.860 bits per heavy atom. The topological polar surface area (TPSA) is 143 Å². The second-order valence-electron chi connectivity index (χ2n) is 9.98. The van der Waals surface area contributed by atoms with Crippen LogP contribution in [0.15, 0.2) is 48.5 Å². The van der Waals surface area contributed by atoms with Crippen LogP contribution in [0, 0.1) is 22.9 Å². The Balaban J connectivity index is 1.94. The van der Waals surface area contributed by atoms with Gasteiger partial charge in [-0.2, -0.15) is 5.26 Å². The fourth-order valence-corrected chi connectivity index (χ4v) is 5.66. The van der Waals surface area contributed by atoms with Crippen LogP contribution in [0.5, 0.6) is 0 Å². The van der Waals surface area contributed by atoms with Crippen molar-refractivity contribution in [3.63, 3.8) is 0 Å². The van der Waals surface area contributed by atoms with Gasteiger partial charge in [-0.1, -0.05) is 54.7 Å². The van der Waals surface area contributed by atoms with Gasteiger partial charge in [-0.15, -0.1) is 0 Å². The molecule has 1 aliphatic rings. The Hall–Kier alpha value is -4.60. The van der Waals surface area contributed by atoms with E-state index in [4.69, 9.17) is 35.9 Å². The SMILES string of the molecule is CC(=O)OCC1OC(n2c(C)cc(-c3cccc4ccccc34)c(C#N)c2=S)C(OC(C)=O)C(OC(C)=O)C1OC(C)=O. The summed E-state index contributed by atoms with van der Waals surface area (Å²) in [5.74, 6) is -2.87. The molecule has 11 nitrogen and oxygen atoms in total. The van der Waals surface area contributed by atoms with Gasteiger partial charge in [0.25, 0.3) is 0 Å². The molecule has 0 aliphatic carbocycles. The van der Waals surface area contributed by atoms with Gasteiger partial charge in [0, 0.05) is 39.0 Å². The highest BCUT2D eigenvalue weighted by atomic mass is 32.1. The lowest BCUT2D eigenvalue weighted by Gasteiger charge is -2.45. The van der Waals surface area contributed by atoms with Gasteiger partial charge in [0.05, 0.1) is 5.56 Å². The van der Waals surface area contributed by atoms with Gasteiger partial charge in [0.2, 0.25) is 0 Å². The number of pyridine rings is 1. The summed E-state index contributed by atoms with van der Waals surface area (Å²) in [7, 11) is 0. The van der Waals surface area contributed by atoms with Crippen LogP contribution >= 0.6 is 12.2 Å². The van der Waals surface area contributed by atoms with Gasteiger partial charge in [-0.05, 0) is 29.3 Å². The highest BCUT2D eigenvalue weighted by Crippen LogP contribution is 2.38. The summed E-state index contributed by atoms with van der Waals surface area (Å²) in [6, 6.07) is 17.5. The van der Waals surface area contributed by atoms with Gasteiger partial charge in [0.1, 0.15) is 23.4 Å². The number of benzene rings is 2. The molecule has 1 aromatic heterocycles. The van der Waals surface area contributed by atoms with Gasteiger partial charge in [0.15, 0.2) is 24.5 Å². The number of nitrogens with zero attached hydrogens (tertiary/aromatic N) is 2. The maximum atomic E-state index is 12.3. The molecule has 1 aliphatic heterocycles. The van der Waals surface area contributed by atoms with Gasteiger partial charge in [-0.25, -0.2) is 0 Å². The van der Waals surface area contributed by atoms with E-state index in [0.29, 0.717) is 11.3 Å². The van der Waals surface area contributed by atoms with E-state index in [-0.39, 0.29) is 16.8 Å². The largest absolute Gasteiger partial charge is 0.463 e. The fraction of sp³-hybridized carbons (Fsp3) is 0.355. The van der Waals surface area contributed by atoms with Crippen LogP contribution in [-0.2, 0) is 42.9 Å². The van der Waals surface area contributed by atoms with E-state index >= 15 is 0 Å². The van der Waals surface area contributed by atoms with Crippen LogP contribution in [0.2, 0.25) is 0 Å². The number of hydrogen-bond donors (Lipinski definition) is 0. The molecule has 3 aromatic rings. The zero-order valence-corrected chi connectivity index (χ0v) is 25.0. The van der Waals surface area contributed by atoms with Crippen LogP contribution in [0.3, 0.4) is 0 Å². The number of esters is 4. The maximum absolute atomic E-state index is 12.3. The number of carbonyl (C=O) groups is 4. The Kier molecular flexibility index (Phi) is 9.58. The number of nitriles is 1. The van der Waals surface area contributed by atoms with Crippen molar-refractivity contribution in [2.24, 2.45) is 0 Å². The Bertz CT molecular complexity index is 1690. The number of carbonyl (C=O) groups excluding carboxylic acids is 4. The molecular formula is C31H30N2O9S. The minimum Gasteiger partial charge on any atom is -0.463 e. The first-order valence-corrected chi connectivity index (χ1v) is 13.8. The van der Waals surface area contributed by atoms with Crippen molar-refractivity contribution in [3.8, 4) is 17.2 Å². The molecule has 2 aromatic carbocycles. The van der Waals surface area contributed by atoms with Crippen LogP contribution < -0.4 is 0 Å². The molecule has 2 heterocycles. The molecule has 0 amide bonds. The fourth-order valence-electron chi connectivity index (χ4n) is 5.26. The van der Waals surface area contributed by atoms with Gasteiger partial charge >= 0.3 is 23.9 Å². The third kappa shape index (κ3) is 6.74. The van der Waals surface area contributed by atoms with E-state index in [0.717, 1.165) is 37.1 Å². The molecule has 12 heteroatoms. The average molecular weight is 607 g/mol. The van der Waals surface area contributed by atoms with Crippen LogP contribution in [0.1, 0.15) is 45.2 Å². The van der Waals surface area contributed by atoms with E-state index in [9.17, 15) is 24.4 Å². The summed E-state index contributed by atoms with van der Waals surface area (Å²) in [6.07, 6.45) is -6.52. The first-order chi connectivity index (χ1) is 20.4. The summed E-state index contributed by atoms with van der Waals surface area (Å²) < 4.78 is 29.7. The summed E-state index contributed by atoms with van der Waals surface area (Å²) in [5.41, 5.74) is 2.05. The first-order valence-electron chi connectivity index (χ1n) is 13.4. The Morgan fingerprint density at radius 3 is 2.09 bits per heavy atom. The molecule has 1 fully saturated rings. The Labute approximate surface area is 252 Å². The number of fused-ring (bicyclic) bond motifs is 1. The monoisotopic (exact) mass is 606 g/mol. The van der Waals surface area contributed by atoms with Crippen molar-refractivity contribution in [1.82, 2.24) is 4.57 Å². The number of aryl methyl sites for hydroxylation is 1. The van der Waals surface area contributed by atoms with Crippen LogP contribution in [-0.4, -0.2) is 59.5 Å². The lowest BCUT2D eigenvalue weighted by molar-refractivity contribution is -0.269. The number of ether oxygens (including phenoxy) is 5. The Morgan fingerprint density at radius 2 is 1.47 bits per heavy atom. The van der Waals surface area contributed by atoms with Gasteiger partial charge < -0.3 is 28.3 Å². The molecular weight excluding hydrogens is 576 g/mol. The molecule has 43 heavy (non-hydrogen) atoms. The zero-order chi connectivity index (χ0) is 31.4. The smallest absolute Gasteiger partial charge is 0.303 e. The predicted molar refractivity (Wildman–Crippen MR) is 155 cm³/mol. The minimum absolute atomic E-state index is 0.0614. The molecule has 224 valence electrons. The highest BCUT2D eigenvalue weighted by Gasteiger charge is 2.53. The van der Waals surface area contributed by atoms with E-state index in [1.807, 2.05) is 42.5 Å². The van der Waals surface area contributed by atoms with Crippen molar-refractivity contribution in [2.45, 2.75) is 65.3 Å². The summed E-state index contributed by atoms with van der Waals surface area (Å²) >= 11 is 5.85. The molecule has 0 radical (unpaired) electrons. The second-order valence-corrected chi connectivity index (χ2v) is 10.4. The van der Waals surface area contributed by atoms with Crippen LogP contribution in [0.4, 0.5) is 0 Å². The second kappa shape index (κ2) is 13.1. The third-order valence-electron chi connectivity index (χ3n) is 6.85. The normalized spacial score (nSPS) is 21.3. The van der Waals surface area contributed by atoms with E-state index < -0.39 is 54.5 Å². The summed E-state index contributed by atoms with van der Waals surface area (Å²) in [5, 5.41) is 12.2. The molecule has 0 saturated carbocycles. The molecule has 4 rings (SSSR count). The van der Waals surface area contributed by atoms with Crippen molar-refractivity contribution < 1.29 is 42.9 Å². The number of aromatic nitrogens is 1. The van der Waals surface area contributed by atoms with Crippen molar-refractivity contribution in [2.75, 3.05) is 6.61 Å². The summed E-state index contributed by atoms with van der Waals surface area (Å²) in [6.45, 7) is 5.98. The van der Waals surface area contributed by atoms with Crippen molar-refractivity contribution in [1.29, 1.82) is 5.26 Å². The molecule has 0 N–H and O–H groups in total. The molecule has 0 bridgehead atoms. The highest BCUT2D eigenvalue weighted by molar-refractivity contribution is 7.71.